The standard InChI is InChI=1S/C15H22N2O3/c1-10(2)7-14(18)16-9-15(19)17-12-8-11(3)5-6-13(12)20-4/h5-6,8,10H,7,9H2,1-4H3,(H,16,18)(H,17,19). The molecule has 2 amide bonds. The van der Waals surface area contributed by atoms with Crippen LogP contribution >= 0.6 is 0 Å². The van der Waals surface area contributed by atoms with Crippen molar-refractivity contribution in [2.75, 3.05) is 19.0 Å². The van der Waals surface area contributed by atoms with Crippen molar-refractivity contribution in [3.8, 4) is 5.75 Å². The van der Waals surface area contributed by atoms with Gasteiger partial charge in [-0.15, -0.1) is 0 Å². The van der Waals surface area contributed by atoms with E-state index >= 15 is 0 Å². The Labute approximate surface area is 119 Å². The van der Waals surface area contributed by atoms with Crippen LogP contribution in [-0.2, 0) is 9.59 Å². The van der Waals surface area contributed by atoms with E-state index in [1.54, 1.807) is 13.2 Å². The van der Waals surface area contributed by atoms with Gasteiger partial charge in [0.2, 0.25) is 11.8 Å². The molecule has 0 spiro atoms. The fraction of sp³-hybridized carbons (Fsp3) is 0.467. The van der Waals surface area contributed by atoms with E-state index in [4.69, 9.17) is 4.74 Å². The zero-order valence-electron chi connectivity index (χ0n) is 12.4. The van der Waals surface area contributed by atoms with E-state index in [1.165, 1.54) is 0 Å². The zero-order chi connectivity index (χ0) is 15.1. The second-order valence-electron chi connectivity index (χ2n) is 5.13. The average Bonchev–Trinajstić information content (AvgIpc) is 2.36. The van der Waals surface area contributed by atoms with Gasteiger partial charge in [-0.05, 0) is 30.5 Å². The van der Waals surface area contributed by atoms with Gasteiger partial charge in [0.25, 0.3) is 0 Å². The molecule has 1 aromatic rings. The van der Waals surface area contributed by atoms with E-state index < -0.39 is 0 Å². The Balaban J connectivity index is 2.54. The largest absolute Gasteiger partial charge is 0.495 e. The summed E-state index contributed by atoms with van der Waals surface area (Å²) in [6, 6.07) is 5.52. The first-order chi connectivity index (χ1) is 9.42. The molecule has 0 atom stereocenters. The quantitative estimate of drug-likeness (QED) is 0.837. The molecule has 2 N–H and O–H groups in total. The highest BCUT2D eigenvalue weighted by molar-refractivity contribution is 5.95. The molecule has 0 aliphatic carbocycles. The van der Waals surface area contributed by atoms with Crippen LogP contribution in [-0.4, -0.2) is 25.5 Å². The molecule has 0 aromatic heterocycles. The van der Waals surface area contributed by atoms with Crippen LogP contribution in [0.2, 0.25) is 0 Å². The number of carbonyl (C=O) groups is 2. The normalized spacial score (nSPS) is 10.2. The maximum Gasteiger partial charge on any atom is 0.243 e. The molecular weight excluding hydrogens is 256 g/mol. The number of hydrogen-bond acceptors (Lipinski definition) is 3. The molecule has 0 unspecified atom stereocenters. The predicted octanol–water partition coefficient (Wildman–Crippen LogP) is 2.10. The van der Waals surface area contributed by atoms with Gasteiger partial charge in [0.1, 0.15) is 5.75 Å². The summed E-state index contributed by atoms with van der Waals surface area (Å²) in [6.45, 7) is 5.80. The summed E-state index contributed by atoms with van der Waals surface area (Å²) in [4.78, 5) is 23.3. The number of anilines is 1. The summed E-state index contributed by atoms with van der Waals surface area (Å²) in [6.07, 6.45) is 0.418. The number of amides is 2. The van der Waals surface area contributed by atoms with Crippen LogP contribution in [0.1, 0.15) is 25.8 Å². The van der Waals surface area contributed by atoms with Gasteiger partial charge in [-0.25, -0.2) is 0 Å². The van der Waals surface area contributed by atoms with E-state index in [1.807, 2.05) is 32.9 Å². The van der Waals surface area contributed by atoms with Crippen LogP contribution in [0.5, 0.6) is 5.75 Å². The summed E-state index contributed by atoms with van der Waals surface area (Å²) < 4.78 is 5.18. The monoisotopic (exact) mass is 278 g/mol. The third-order valence-corrected chi connectivity index (χ3v) is 2.67. The summed E-state index contributed by atoms with van der Waals surface area (Å²) in [5.41, 5.74) is 1.63. The molecule has 20 heavy (non-hydrogen) atoms. The summed E-state index contributed by atoms with van der Waals surface area (Å²) in [7, 11) is 1.55. The minimum atomic E-state index is -0.272. The van der Waals surface area contributed by atoms with Crippen LogP contribution in [0, 0.1) is 12.8 Å². The van der Waals surface area contributed by atoms with Crippen molar-refractivity contribution in [3.63, 3.8) is 0 Å². The maximum absolute atomic E-state index is 11.8. The van der Waals surface area contributed by atoms with Gasteiger partial charge in [-0.3, -0.25) is 9.59 Å². The lowest BCUT2D eigenvalue weighted by molar-refractivity contribution is -0.124. The van der Waals surface area contributed by atoms with Crippen molar-refractivity contribution in [2.45, 2.75) is 27.2 Å². The Morgan fingerprint density at radius 1 is 1.25 bits per heavy atom. The first-order valence-electron chi connectivity index (χ1n) is 6.63. The van der Waals surface area contributed by atoms with Crippen molar-refractivity contribution in [2.24, 2.45) is 5.92 Å². The van der Waals surface area contributed by atoms with Crippen molar-refractivity contribution < 1.29 is 14.3 Å². The summed E-state index contributed by atoms with van der Waals surface area (Å²) in [5, 5.41) is 5.33. The molecule has 0 saturated carbocycles. The molecule has 0 heterocycles. The van der Waals surface area contributed by atoms with Gasteiger partial charge in [0.15, 0.2) is 0 Å². The van der Waals surface area contributed by atoms with Gasteiger partial charge in [-0.1, -0.05) is 19.9 Å². The molecule has 0 aliphatic rings. The molecule has 0 aliphatic heterocycles. The number of hydrogen-bond donors (Lipinski definition) is 2. The Bertz CT molecular complexity index is 484. The molecular formula is C15H22N2O3. The Kier molecular flexibility index (Phi) is 6.03. The lowest BCUT2D eigenvalue weighted by atomic mass is 10.1. The van der Waals surface area contributed by atoms with E-state index in [-0.39, 0.29) is 24.3 Å². The predicted molar refractivity (Wildman–Crippen MR) is 78.8 cm³/mol. The molecule has 0 radical (unpaired) electrons. The summed E-state index contributed by atoms with van der Waals surface area (Å²) in [5.74, 6) is 0.477. The number of methoxy groups -OCH3 is 1. The Hall–Kier alpha value is -2.04. The van der Waals surface area contributed by atoms with E-state index in [0.29, 0.717) is 17.9 Å². The molecule has 0 fully saturated rings. The average molecular weight is 278 g/mol. The molecule has 0 saturated heterocycles. The van der Waals surface area contributed by atoms with Crippen LogP contribution in [0.3, 0.4) is 0 Å². The minimum Gasteiger partial charge on any atom is -0.495 e. The first-order valence-corrected chi connectivity index (χ1v) is 6.63. The van der Waals surface area contributed by atoms with Crippen molar-refractivity contribution in [1.29, 1.82) is 0 Å². The van der Waals surface area contributed by atoms with Crippen molar-refractivity contribution in [1.82, 2.24) is 5.32 Å². The molecule has 110 valence electrons. The smallest absolute Gasteiger partial charge is 0.243 e. The van der Waals surface area contributed by atoms with Crippen LogP contribution in [0.4, 0.5) is 5.69 Å². The van der Waals surface area contributed by atoms with Gasteiger partial charge in [-0.2, -0.15) is 0 Å². The minimum absolute atomic E-state index is 0.0390. The van der Waals surface area contributed by atoms with E-state index in [0.717, 1.165) is 5.56 Å². The van der Waals surface area contributed by atoms with Crippen molar-refractivity contribution in [3.05, 3.63) is 23.8 Å². The molecule has 1 aromatic carbocycles. The van der Waals surface area contributed by atoms with Gasteiger partial charge in [0.05, 0.1) is 19.3 Å². The molecule has 5 nitrogen and oxygen atoms in total. The zero-order valence-corrected chi connectivity index (χ0v) is 12.4. The van der Waals surface area contributed by atoms with E-state index in [9.17, 15) is 9.59 Å². The van der Waals surface area contributed by atoms with Crippen LogP contribution in [0.15, 0.2) is 18.2 Å². The Morgan fingerprint density at radius 2 is 1.95 bits per heavy atom. The maximum atomic E-state index is 11.8. The molecule has 5 heteroatoms. The molecule has 1 rings (SSSR count). The highest BCUT2D eigenvalue weighted by Crippen LogP contribution is 2.24. The highest BCUT2D eigenvalue weighted by Gasteiger charge is 2.10. The van der Waals surface area contributed by atoms with Gasteiger partial charge < -0.3 is 15.4 Å². The highest BCUT2D eigenvalue weighted by atomic mass is 16.5. The number of ether oxygens (including phenoxy) is 1. The number of benzene rings is 1. The SMILES string of the molecule is COc1ccc(C)cc1NC(=O)CNC(=O)CC(C)C. The van der Waals surface area contributed by atoms with Gasteiger partial charge >= 0.3 is 0 Å². The topological polar surface area (TPSA) is 67.4 Å². The fourth-order valence-corrected chi connectivity index (χ4v) is 1.74. The number of carbonyl (C=O) groups excluding carboxylic acids is 2. The number of aryl methyl sites for hydroxylation is 1. The number of rotatable bonds is 6. The first kappa shape index (κ1) is 16.0. The molecule has 0 bridgehead atoms. The van der Waals surface area contributed by atoms with Crippen molar-refractivity contribution >= 4 is 17.5 Å². The fourth-order valence-electron chi connectivity index (χ4n) is 1.74. The third-order valence-electron chi connectivity index (χ3n) is 2.67. The lowest BCUT2D eigenvalue weighted by Crippen LogP contribution is -2.33. The lowest BCUT2D eigenvalue weighted by Gasteiger charge is -2.12. The van der Waals surface area contributed by atoms with Gasteiger partial charge in [0, 0.05) is 6.42 Å². The van der Waals surface area contributed by atoms with Crippen LogP contribution in [0.25, 0.3) is 0 Å². The number of nitrogens with one attached hydrogen (secondary N) is 2. The summed E-state index contributed by atoms with van der Waals surface area (Å²) >= 11 is 0. The second-order valence-corrected chi connectivity index (χ2v) is 5.13. The third kappa shape index (κ3) is 5.30. The second kappa shape index (κ2) is 7.53. The Morgan fingerprint density at radius 3 is 2.55 bits per heavy atom. The van der Waals surface area contributed by atoms with E-state index in [2.05, 4.69) is 10.6 Å². The van der Waals surface area contributed by atoms with Crippen LogP contribution < -0.4 is 15.4 Å².